The molecule has 0 aliphatic carbocycles. The first-order valence-corrected chi connectivity index (χ1v) is 6.04. The monoisotopic (exact) mass is 251 g/mol. The predicted octanol–water partition coefficient (Wildman–Crippen LogP) is 2.00. The van der Waals surface area contributed by atoms with Gasteiger partial charge in [0.2, 0.25) is 0 Å². The van der Waals surface area contributed by atoms with Gasteiger partial charge in [-0.3, -0.25) is 0 Å². The van der Waals surface area contributed by atoms with Crippen LogP contribution in [0.5, 0.6) is 0 Å². The molecule has 0 aliphatic rings. The molecule has 0 radical (unpaired) electrons. The van der Waals surface area contributed by atoms with Crippen LogP contribution < -0.4 is 11.5 Å². The molecule has 1 amide bonds. The Kier molecular flexibility index (Phi) is 4.83. The minimum Gasteiger partial charge on any atom is -0.450 e. The van der Waals surface area contributed by atoms with Gasteiger partial charge in [0.05, 0.1) is 24.5 Å². The third kappa shape index (κ3) is 3.06. The summed E-state index contributed by atoms with van der Waals surface area (Å²) >= 11 is 0. The molecule has 0 atom stereocenters. The average molecular weight is 251 g/mol. The minimum atomic E-state index is -0.360. The number of hydrogen-bond acceptors (Lipinski definition) is 4. The van der Waals surface area contributed by atoms with Crippen LogP contribution in [0.3, 0.4) is 0 Å². The highest BCUT2D eigenvalue weighted by atomic mass is 16.5. The lowest BCUT2D eigenvalue weighted by Gasteiger charge is -2.20. The molecule has 18 heavy (non-hydrogen) atoms. The Hall–Kier alpha value is -1.91. The normalized spacial score (nSPS) is 10.2. The largest absolute Gasteiger partial charge is 0.450 e. The Balaban J connectivity index is 2.95. The molecule has 0 saturated carbocycles. The van der Waals surface area contributed by atoms with Crippen molar-refractivity contribution in [3.63, 3.8) is 0 Å². The van der Waals surface area contributed by atoms with Gasteiger partial charge in [0.25, 0.3) is 0 Å². The number of amides is 1. The zero-order valence-corrected chi connectivity index (χ0v) is 11.2. The van der Waals surface area contributed by atoms with Crippen LogP contribution in [0.25, 0.3) is 0 Å². The van der Waals surface area contributed by atoms with E-state index in [1.807, 2.05) is 13.0 Å². The lowest BCUT2D eigenvalue weighted by molar-refractivity contribution is 0.114. The number of nitrogens with two attached hydrogens (primary N) is 2. The molecule has 5 nitrogen and oxygen atoms in total. The second-order valence-electron chi connectivity index (χ2n) is 4.11. The van der Waals surface area contributed by atoms with E-state index in [-0.39, 0.29) is 6.09 Å². The van der Waals surface area contributed by atoms with Crippen LogP contribution in [-0.4, -0.2) is 24.6 Å². The fourth-order valence-electron chi connectivity index (χ4n) is 1.78. The maximum atomic E-state index is 11.6. The zero-order chi connectivity index (χ0) is 13.7. The van der Waals surface area contributed by atoms with Crippen molar-refractivity contribution in [2.45, 2.75) is 26.8 Å². The van der Waals surface area contributed by atoms with Gasteiger partial charge in [0, 0.05) is 7.05 Å². The molecule has 0 aliphatic heterocycles. The molecule has 4 N–H and O–H groups in total. The van der Waals surface area contributed by atoms with Crippen LogP contribution in [0.1, 0.15) is 25.0 Å². The van der Waals surface area contributed by atoms with E-state index >= 15 is 0 Å². The van der Waals surface area contributed by atoms with Crippen LogP contribution >= 0.6 is 0 Å². The second kappa shape index (κ2) is 6.14. The Morgan fingerprint density at radius 2 is 2.00 bits per heavy atom. The van der Waals surface area contributed by atoms with Gasteiger partial charge in [-0.15, -0.1) is 0 Å². The van der Waals surface area contributed by atoms with E-state index in [2.05, 4.69) is 0 Å². The number of nitrogen functional groups attached to an aromatic ring is 2. The molecule has 5 heteroatoms. The Bertz CT molecular complexity index is 432. The number of ether oxygens (including phenoxy) is 1. The van der Waals surface area contributed by atoms with Crippen molar-refractivity contribution in [2.75, 3.05) is 25.1 Å². The van der Waals surface area contributed by atoms with Gasteiger partial charge < -0.3 is 21.1 Å². The standard InChI is InChI=1S/C13H21N3O2/c1-4-9-6-7-11(14)12(15)10(9)8-16(3)13(17)18-5-2/h6-7H,4-5,8,14-15H2,1-3H3. The number of aryl methyl sites for hydroxylation is 1. The van der Waals surface area contributed by atoms with E-state index in [0.717, 1.165) is 17.5 Å². The lowest BCUT2D eigenvalue weighted by Crippen LogP contribution is -2.28. The average Bonchev–Trinajstić information content (AvgIpc) is 2.35. The lowest BCUT2D eigenvalue weighted by atomic mass is 10.0. The summed E-state index contributed by atoms with van der Waals surface area (Å²) in [6.07, 6.45) is 0.484. The summed E-state index contributed by atoms with van der Waals surface area (Å²) in [5, 5.41) is 0. The van der Waals surface area contributed by atoms with Crippen molar-refractivity contribution in [3.8, 4) is 0 Å². The summed E-state index contributed by atoms with van der Waals surface area (Å²) in [6.45, 7) is 4.58. The number of anilines is 2. The molecule has 0 spiro atoms. The van der Waals surface area contributed by atoms with Crippen LogP contribution in [0.2, 0.25) is 0 Å². The zero-order valence-electron chi connectivity index (χ0n) is 11.2. The van der Waals surface area contributed by atoms with E-state index in [1.54, 1.807) is 20.0 Å². The summed E-state index contributed by atoms with van der Waals surface area (Å²) < 4.78 is 4.93. The van der Waals surface area contributed by atoms with Crippen LogP contribution in [-0.2, 0) is 17.7 Å². The van der Waals surface area contributed by atoms with E-state index in [0.29, 0.717) is 24.5 Å². The number of hydrogen-bond donors (Lipinski definition) is 2. The molecule has 1 aromatic carbocycles. The predicted molar refractivity (Wildman–Crippen MR) is 73.1 cm³/mol. The first-order chi connectivity index (χ1) is 8.51. The van der Waals surface area contributed by atoms with Gasteiger partial charge in [-0.1, -0.05) is 13.0 Å². The molecular weight excluding hydrogens is 230 g/mol. The number of rotatable bonds is 4. The number of nitrogens with zero attached hydrogens (tertiary/aromatic N) is 1. The van der Waals surface area contributed by atoms with Crippen molar-refractivity contribution in [2.24, 2.45) is 0 Å². The molecule has 0 bridgehead atoms. The maximum Gasteiger partial charge on any atom is 0.409 e. The van der Waals surface area contributed by atoms with Crippen molar-refractivity contribution in [1.82, 2.24) is 4.90 Å². The Labute approximate surface area is 108 Å². The fourth-order valence-corrected chi connectivity index (χ4v) is 1.78. The highest BCUT2D eigenvalue weighted by molar-refractivity contribution is 5.71. The summed E-state index contributed by atoms with van der Waals surface area (Å²) in [5.41, 5.74) is 14.9. The van der Waals surface area contributed by atoms with E-state index in [9.17, 15) is 4.79 Å². The SMILES string of the molecule is CCOC(=O)N(C)Cc1c(CC)ccc(N)c1N. The van der Waals surface area contributed by atoms with Crippen LogP contribution in [0, 0.1) is 0 Å². The molecule has 0 heterocycles. The Morgan fingerprint density at radius 3 is 2.56 bits per heavy atom. The first-order valence-electron chi connectivity index (χ1n) is 6.04. The van der Waals surface area contributed by atoms with Crippen molar-refractivity contribution >= 4 is 17.5 Å². The molecule has 0 unspecified atom stereocenters. The molecule has 1 aromatic rings. The summed E-state index contributed by atoms with van der Waals surface area (Å²) in [6, 6.07) is 3.74. The quantitative estimate of drug-likeness (QED) is 0.802. The van der Waals surface area contributed by atoms with E-state index < -0.39 is 0 Å². The topological polar surface area (TPSA) is 81.6 Å². The third-order valence-corrected chi connectivity index (χ3v) is 2.84. The highest BCUT2D eigenvalue weighted by Crippen LogP contribution is 2.25. The van der Waals surface area contributed by atoms with Gasteiger partial charge >= 0.3 is 6.09 Å². The molecule has 0 aromatic heterocycles. The number of carbonyl (C=O) groups is 1. The molecular formula is C13H21N3O2. The smallest absolute Gasteiger partial charge is 0.409 e. The summed E-state index contributed by atoms with van der Waals surface area (Å²) in [4.78, 5) is 13.1. The van der Waals surface area contributed by atoms with Crippen molar-refractivity contribution in [1.29, 1.82) is 0 Å². The molecule has 0 saturated heterocycles. The fraction of sp³-hybridized carbons (Fsp3) is 0.462. The van der Waals surface area contributed by atoms with Gasteiger partial charge in [0.1, 0.15) is 0 Å². The van der Waals surface area contributed by atoms with Gasteiger partial charge in [0.15, 0.2) is 0 Å². The highest BCUT2D eigenvalue weighted by Gasteiger charge is 2.15. The van der Waals surface area contributed by atoms with Gasteiger partial charge in [-0.25, -0.2) is 4.79 Å². The summed E-state index contributed by atoms with van der Waals surface area (Å²) in [5.74, 6) is 0. The second-order valence-corrected chi connectivity index (χ2v) is 4.11. The van der Waals surface area contributed by atoms with E-state index in [4.69, 9.17) is 16.2 Å². The van der Waals surface area contributed by atoms with Crippen LogP contribution in [0.15, 0.2) is 12.1 Å². The Morgan fingerprint density at radius 1 is 1.33 bits per heavy atom. The van der Waals surface area contributed by atoms with E-state index in [1.165, 1.54) is 4.90 Å². The molecule has 100 valence electrons. The maximum absolute atomic E-state index is 11.6. The van der Waals surface area contributed by atoms with Gasteiger partial charge in [-0.2, -0.15) is 0 Å². The first kappa shape index (κ1) is 14.2. The molecule has 0 fully saturated rings. The van der Waals surface area contributed by atoms with Crippen molar-refractivity contribution in [3.05, 3.63) is 23.3 Å². The third-order valence-electron chi connectivity index (χ3n) is 2.84. The molecule has 1 rings (SSSR count). The van der Waals surface area contributed by atoms with Crippen molar-refractivity contribution < 1.29 is 9.53 Å². The minimum absolute atomic E-state index is 0.357. The number of carbonyl (C=O) groups excluding carboxylic acids is 1. The van der Waals surface area contributed by atoms with Gasteiger partial charge in [-0.05, 0) is 30.5 Å². The summed E-state index contributed by atoms with van der Waals surface area (Å²) in [7, 11) is 1.68. The number of benzene rings is 1. The van der Waals surface area contributed by atoms with Crippen LogP contribution in [0.4, 0.5) is 16.2 Å².